The van der Waals surface area contributed by atoms with Crippen LogP contribution in [0.15, 0.2) is 22.7 Å². The highest BCUT2D eigenvalue weighted by atomic mass is 79.9. The van der Waals surface area contributed by atoms with Crippen molar-refractivity contribution in [1.82, 2.24) is 10.6 Å². The Bertz CT molecular complexity index is 419. The Morgan fingerprint density at radius 1 is 1.56 bits per heavy atom. The van der Waals surface area contributed by atoms with Crippen molar-refractivity contribution in [2.45, 2.75) is 13.3 Å². The molecule has 2 N–H and O–H groups in total. The minimum absolute atomic E-state index is 0. The van der Waals surface area contributed by atoms with E-state index in [4.69, 9.17) is 0 Å². The molecule has 1 heterocycles. The SMILES string of the molecule is Cc1ccc(C(=O)NCC2CCNC2)cc1Br.Cl. The van der Waals surface area contributed by atoms with E-state index in [0.29, 0.717) is 11.5 Å². The van der Waals surface area contributed by atoms with Crippen LogP contribution in [0.4, 0.5) is 0 Å². The van der Waals surface area contributed by atoms with Crippen LogP contribution in [0.2, 0.25) is 0 Å². The van der Waals surface area contributed by atoms with Gasteiger partial charge in [-0.05, 0) is 50.0 Å². The summed E-state index contributed by atoms with van der Waals surface area (Å²) in [6.07, 6.45) is 1.15. The second-order valence-electron chi connectivity index (χ2n) is 4.53. The highest BCUT2D eigenvalue weighted by Crippen LogP contribution is 2.17. The minimum atomic E-state index is 0. The molecule has 0 saturated carbocycles. The van der Waals surface area contributed by atoms with Crippen LogP contribution in [0.5, 0.6) is 0 Å². The molecule has 1 aliphatic heterocycles. The van der Waals surface area contributed by atoms with Gasteiger partial charge in [0.2, 0.25) is 0 Å². The van der Waals surface area contributed by atoms with Gasteiger partial charge in [-0.3, -0.25) is 4.79 Å². The van der Waals surface area contributed by atoms with Crippen molar-refractivity contribution in [3.8, 4) is 0 Å². The topological polar surface area (TPSA) is 41.1 Å². The van der Waals surface area contributed by atoms with Gasteiger partial charge in [-0.15, -0.1) is 12.4 Å². The lowest BCUT2D eigenvalue weighted by Crippen LogP contribution is -2.30. The van der Waals surface area contributed by atoms with E-state index in [0.717, 1.165) is 36.1 Å². The van der Waals surface area contributed by atoms with Crippen molar-refractivity contribution in [1.29, 1.82) is 0 Å². The first kappa shape index (κ1) is 15.5. The molecule has 1 fully saturated rings. The molecule has 18 heavy (non-hydrogen) atoms. The maximum Gasteiger partial charge on any atom is 0.251 e. The second kappa shape index (κ2) is 7.12. The molecule has 1 aliphatic rings. The van der Waals surface area contributed by atoms with E-state index >= 15 is 0 Å². The van der Waals surface area contributed by atoms with Gasteiger partial charge in [0.1, 0.15) is 0 Å². The number of hydrogen-bond acceptors (Lipinski definition) is 2. The van der Waals surface area contributed by atoms with Crippen LogP contribution in [0, 0.1) is 12.8 Å². The first-order valence-electron chi connectivity index (χ1n) is 5.92. The van der Waals surface area contributed by atoms with Gasteiger partial charge in [-0.2, -0.15) is 0 Å². The molecule has 0 spiro atoms. The molecule has 1 amide bonds. The fourth-order valence-electron chi connectivity index (χ4n) is 1.96. The Balaban J connectivity index is 0.00000162. The van der Waals surface area contributed by atoms with Crippen molar-refractivity contribution in [3.63, 3.8) is 0 Å². The Kier molecular flexibility index (Phi) is 6.12. The molecular weight excluding hydrogens is 316 g/mol. The molecule has 0 radical (unpaired) electrons. The fourth-order valence-corrected chi connectivity index (χ4v) is 2.34. The highest BCUT2D eigenvalue weighted by Gasteiger charge is 2.15. The first-order chi connectivity index (χ1) is 8.16. The van der Waals surface area contributed by atoms with Crippen LogP contribution in [0.25, 0.3) is 0 Å². The van der Waals surface area contributed by atoms with Gasteiger partial charge in [0.05, 0.1) is 0 Å². The number of carbonyl (C=O) groups is 1. The van der Waals surface area contributed by atoms with Crippen molar-refractivity contribution < 1.29 is 4.79 Å². The number of halogens is 2. The Labute approximate surface area is 122 Å². The minimum Gasteiger partial charge on any atom is -0.352 e. The number of benzene rings is 1. The predicted octanol–water partition coefficient (Wildman–Crippen LogP) is 2.52. The Morgan fingerprint density at radius 3 is 2.94 bits per heavy atom. The third-order valence-electron chi connectivity index (χ3n) is 3.15. The normalized spacial score (nSPS) is 18.2. The highest BCUT2D eigenvalue weighted by molar-refractivity contribution is 9.10. The summed E-state index contributed by atoms with van der Waals surface area (Å²) < 4.78 is 0.979. The lowest BCUT2D eigenvalue weighted by molar-refractivity contribution is 0.0948. The summed E-state index contributed by atoms with van der Waals surface area (Å²) in [6, 6.07) is 5.69. The summed E-state index contributed by atoms with van der Waals surface area (Å²) in [6.45, 7) is 4.85. The second-order valence-corrected chi connectivity index (χ2v) is 5.39. The quantitative estimate of drug-likeness (QED) is 0.892. The summed E-state index contributed by atoms with van der Waals surface area (Å²) >= 11 is 3.44. The molecule has 3 nitrogen and oxygen atoms in total. The van der Waals surface area contributed by atoms with Crippen LogP contribution in [0.1, 0.15) is 22.3 Å². The summed E-state index contributed by atoms with van der Waals surface area (Å²) in [7, 11) is 0. The molecule has 1 aromatic rings. The number of hydrogen-bond donors (Lipinski definition) is 2. The zero-order valence-electron chi connectivity index (χ0n) is 10.3. The van der Waals surface area contributed by atoms with Gasteiger partial charge >= 0.3 is 0 Å². The van der Waals surface area contributed by atoms with Gasteiger partial charge in [-0.25, -0.2) is 0 Å². The van der Waals surface area contributed by atoms with Crippen LogP contribution >= 0.6 is 28.3 Å². The molecule has 100 valence electrons. The number of amides is 1. The average molecular weight is 334 g/mol. The van der Waals surface area contributed by atoms with Crippen LogP contribution in [0.3, 0.4) is 0 Å². The van der Waals surface area contributed by atoms with E-state index < -0.39 is 0 Å². The van der Waals surface area contributed by atoms with Gasteiger partial charge in [0.25, 0.3) is 5.91 Å². The Morgan fingerprint density at radius 2 is 2.33 bits per heavy atom. The summed E-state index contributed by atoms with van der Waals surface area (Å²) in [5.74, 6) is 0.588. The molecular formula is C13H18BrClN2O. The van der Waals surface area contributed by atoms with Crippen molar-refractivity contribution in [2.75, 3.05) is 19.6 Å². The smallest absolute Gasteiger partial charge is 0.251 e. The lowest BCUT2D eigenvalue weighted by atomic mass is 10.1. The van der Waals surface area contributed by atoms with Crippen LogP contribution in [-0.2, 0) is 0 Å². The fraction of sp³-hybridized carbons (Fsp3) is 0.462. The van der Waals surface area contributed by atoms with Crippen LogP contribution in [-0.4, -0.2) is 25.5 Å². The molecule has 5 heteroatoms. The zero-order chi connectivity index (χ0) is 12.3. The van der Waals surface area contributed by atoms with E-state index in [1.165, 1.54) is 0 Å². The Hall–Kier alpha value is -0.580. The number of aryl methyl sites for hydroxylation is 1. The zero-order valence-corrected chi connectivity index (χ0v) is 12.7. The number of carbonyl (C=O) groups excluding carboxylic acids is 1. The molecule has 1 unspecified atom stereocenters. The number of rotatable bonds is 3. The molecule has 0 aromatic heterocycles. The first-order valence-corrected chi connectivity index (χ1v) is 6.71. The van der Waals surface area contributed by atoms with Gasteiger partial charge in [-0.1, -0.05) is 22.0 Å². The summed E-state index contributed by atoms with van der Waals surface area (Å²) in [4.78, 5) is 11.9. The lowest BCUT2D eigenvalue weighted by Gasteiger charge is -2.10. The van der Waals surface area contributed by atoms with Crippen LogP contribution < -0.4 is 10.6 Å². The van der Waals surface area contributed by atoms with E-state index in [1.54, 1.807) is 0 Å². The van der Waals surface area contributed by atoms with Crippen molar-refractivity contribution in [2.24, 2.45) is 5.92 Å². The third-order valence-corrected chi connectivity index (χ3v) is 4.00. The molecule has 1 saturated heterocycles. The van der Waals surface area contributed by atoms with E-state index in [9.17, 15) is 4.79 Å². The number of nitrogens with one attached hydrogen (secondary N) is 2. The third kappa shape index (κ3) is 3.97. The van der Waals surface area contributed by atoms with Gasteiger partial charge < -0.3 is 10.6 Å². The molecule has 0 aliphatic carbocycles. The van der Waals surface area contributed by atoms with Crippen molar-refractivity contribution in [3.05, 3.63) is 33.8 Å². The maximum atomic E-state index is 11.9. The van der Waals surface area contributed by atoms with Gasteiger partial charge in [0.15, 0.2) is 0 Å². The maximum absolute atomic E-state index is 11.9. The molecule has 0 bridgehead atoms. The van der Waals surface area contributed by atoms with E-state index in [2.05, 4.69) is 26.6 Å². The summed E-state index contributed by atoms with van der Waals surface area (Å²) in [5, 5.41) is 6.28. The van der Waals surface area contributed by atoms with E-state index in [-0.39, 0.29) is 18.3 Å². The average Bonchev–Trinajstić information content (AvgIpc) is 2.82. The van der Waals surface area contributed by atoms with E-state index in [1.807, 2.05) is 25.1 Å². The predicted molar refractivity (Wildman–Crippen MR) is 79.4 cm³/mol. The monoisotopic (exact) mass is 332 g/mol. The van der Waals surface area contributed by atoms with Gasteiger partial charge in [0, 0.05) is 16.6 Å². The molecule has 2 rings (SSSR count). The summed E-state index contributed by atoms with van der Waals surface area (Å²) in [5.41, 5.74) is 1.86. The molecule has 1 atom stereocenters. The molecule has 1 aromatic carbocycles. The standard InChI is InChI=1S/C13H17BrN2O.ClH/c1-9-2-3-11(6-12(9)14)13(17)16-8-10-4-5-15-7-10;/h2-3,6,10,15H,4-5,7-8H2,1H3,(H,16,17);1H. The largest absolute Gasteiger partial charge is 0.352 e. The van der Waals surface area contributed by atoms with Crippen molar-refractivity contribution >= 4 is 34.2 Å².